The lowest BCUT2D eigenvalue weighted by molar-refractivity contribution is -0.121. The van der Waals surface area contributed by atoms with Crippen LogP contribution in [0, 0.1) is 11.3 Å². The Morgan fingerprint density at radius 3 is 2.58 bits per heavy atom. The molecule has 3 aliphatic heterocycles. The van der Waals surface area contributed by atoms with Crippen molar-refractivity contribution < 1.29 is 56.7 Å². The number of aliphatic hydroxyl groups excluding tert-OH is 1. The zero-order chi connectivity index (χ0) is 37.5. The van der Waals surface area contributed by atoms with Crippen molar-refractivity contribution in [2.45, 2.75) is 69.0 Å². The molecule has 0 spiro atoms. The van der Waals surface area contributed by atoms with Gasteiger partial charge in [0.25, 0.3) is 0 Å². The zero-order valence-electron chi connectivity index (χ0n) is 29.6. The van der Waals surface area contributed by atoms with Crippen LogP contribution in [0.2, 0.25) is 0 Å². The molecule has 0 unspecified atom stereocenters. The molecule has 3 heterocycles. The lowest BCUT2D eigenvalue weighted by Crippen LogP contribution is -2.52. The number of rotatable bonds is 17. The van der Waals surface area contributed by atoms with Crippen molar-refractivity contribution in [3.05, 3.63) is 54.1 Å². The normalized spacial score (nSPS) is 20.6. The summed E-state index contributed by atoms with van der Waals surface area (Å²) in [6.07, 6.45) is -2.48. The second-order valence-corrected chi connectivity index (χ2v) is 16.0. The van der Waals surface area contributed by atoms with Crippen molar-refractivity contribution in [1.82, 2.24) is 19.8 Å². The highest BCUT2D eigenvalue weighted by molar-refractivity contribution is 7.89. The summed E-state index contributed by atoms with van der Waals surface area (Å²) < 4.78 is 57.5. The Morgan fingerprint density at radius 1 is 1.08 bits per heavy atom. The minimum Gasteiger partial charge on any atom is -0.465 e. The molecule has 0 aromatic heterocycles. The maximum atomic E-state index is 14.3. The molecule has 5 atom stereocenters. The lowest BCUT2D eigenvalue weighted by atomic mass is 9.87. The van der Waals surface area contributed by atoms with Gasteiger partial charge >= 0.3 is 12.2 Å². The van der Waals surface area contributed by atoms with Gasteiger partial charge in [-0.1, -0.05) is 44.2 Å². The molecule has 17 heteroatoms. The largest absolute Gasteiger partial charge is 0.465 e. The van der Waals surface area contributed by atoms with Gasteiger partial charge in [-0.25, -0.2) is 18.0 Å². The van der Waals surface area contributed by atoms with Gasteiger partial charge in [0.1, 0.15) is 12.6 Å². The van der Waals surface area contributed by atoms with Crippen molar-refractivity contribution in [1.29, 1.82) is 0 Å². The van der Waals surface area contributed by atoms with Gasteiger partial charge < -0.3 is 49.4 Å². The second-order valence-electron chi connectivity index (χ2n) is 14.0. The van der Waals surface area contributed by atoms with Crippen molar-refractivity contribution in [3.63, 3.8) is 0 Å². The van der Waals surface area contributed by atoms with Crippen LogP contribution in [0.5, 0.6) is 11.5 Å². The third-order valence-corrected chi connectivity index (χ3v) is 11.2. The molecule has 0 saturated carbocycles. The second kappa shape index (κ2) is 17.1. The van der Waals surface area contributed by atoms with Crippen LogP contribution < -0.4 is 20.1 Å². The number of hydrogen-bond donors (Lipinski definition) is 4. The summed E-state index contributed by atoms with van der Waals surface area (Å²) in [4.78, 5) is 37.3. The summed E-state index contributed by atoms with van der Waals surface area (Å²) in [5.74, 6) is 0.149. The molecule has 3 amide bonds. The molecular weight excluding hydrogens is 700 g/mol. The molecule has 5 rings (SSSR count). The summed E-state index contributed by atoms with van der Waals surface area (Å²) in [6.45, 7) is 3.95. The maximum absolute atomic E-state index is 14.3. The van der Waals surface area contributed by atoms with E-state index in [1.807, 2.05) is 44.2 Å². The Morgan fingerprint density at radius 2 is 1.83 bits per heavy atom. The van der Waals surface area contributed by atoms with E-state index in [9.17, 15) is 27.9 Å². The average Bonchev–Trinajstić information content (AvgIpc) is 3.85. The van der Waals surface area contributed by atoms with Gasteiger partial charge in [0.15, 0.2) is 17.8 Å². The quantitative estimate of drug-likeness (QED) is 0.172. The Hall–Kier alpha value is -4.16. The highest BCUT2D eigenvalue weighted by atomic mass is 32.2. The predicted molar refractivity (Wildman–Crippen MR) is 185 cm³/mol. The van der Waals surface area contributed by atoms with Crippen LogP contribution in [0.25, 0.3) is 0 Å². The van der Waals surface area contributed by atoms with Crippen LogP contribution in [0.1, 0.15) is 38.7 Å². The third-order valence-electron chi connectivity index (χ3n) is 9.35. The Bertz CT molecular complexity index is 1660. The number of fused-ring (bicyclic) bond motifs is 2. The fraction of sp³-hybridized carbons (Fsp3) is 0.571. The molecule has 0 bridgehead atoms. The Balaban J connectivity index is 1.32. The van der Waals surface area contributed by atoms with E-state index in [0.29, 0.717) is 31.6 Å². The van der Waals surface area contributed by atoms with Gasteiger partial charge in [-0.2, -0.15) is 4.31 Å². The standard InChI is InChI=1S/C35H48N4O12S/c1-35(2,13-7-14-36-31(41)19-38(3)34(43)44)21-39(52(45,46)24-10-11-28-29(17-24)50-22-49-28)18-27(40)26(16-23-8-5-4-6-9-23)37-33(42)51-30-20-48-32-25(30)12-15-47-32/h4-6,8-11,17,25-27,30,32,40H,7,12-16,18-22H2,1-3H3,(H,36,41)(H,37,42)(H,43,44)/t25-,26-,27+,30-,32+/m0/s1. The monoisotopic (exact) mass is 748 g/mol. The van der Waals surface area contributed by atoms with Crippen LogP contribution in [-0.2, 0) is 35.4 Å². The first kappa shape index (κ1) is 39.1. The van der Waals surface area contributed by atoms with E-state index in [2.05, 4.69) is 10.6 Å². The van der Waals surface area contributed by atoms with Crippen molar-refractivity contribution >= 4 is 28.1 Å². The van der Waals surface area contributed by atoms with E-state index >= 15 is 0 Å². The molecule has 2 saturated heterocycles. The smallest absolute Gasteiger partial charge is 0.407 e. The van der Waals surface area contributed by atoms with Crippen LogP contribution >= 0.6 is 0 Å². The molecule has 0 radical (unpaired) electrons. The molecule has 4 N–H and O–H groups in total. The van der Waals surface area contributed by atoms with Crippen LogP contribution in [-0.4, -0.2) is 124 Å². The van der Waals surface area contributed by atoms with Crippen molar-refractivity contribution in [3.8, 4) is 11.5 Å². The SMILES string of the molecule is CN(CC(=O)NCCCC(C)(C)CN(C[C@@H](O)[C@H](Cc1ccccc1)NC(=O)O[C@H]1CO[C@H]2OCC[C@H]21)S(=O)(=O)c1ccc2c(c1)OCO2)C(=O)O. The number of hydrogen-bond acceptors (Lipinski definition) is 11. The third kappa shape index (κ3) is 10.2. The Kier molecular flexibility index (Phi) is 12.9. The minimum atomic E-state index is -4.25. The van der Waals surface area contributed by atoms with Crippen molar-refractivity contribution in [2.24, 2.45) is 11.3 Å². The molecule has 2 aromatic rings. The van der Waals surface area contributed by atoms with E-state index in [1.54, 1.807) is 0 Å². The number of carbonyl (C=O) groups is 3. The topological polar surface area (TPSA) is 202 Å². The van der Waals surface area contributed by atoms with Gasteiger partial charge in [0.2, 0.25) is 22.7 Å². The number of benzene rings is 2. The fourth-order valence-electron chi connectivity index (χ4n) is 6.48. The molecule has 2 fully saturated rings. The summed E-state index contributed by atoms with van der Waals surface area (Å²) in [6, 6.07) is 12.6. The minimum absolute atomic E-state index is 0.0263. The maximum Gasteiger partial charge on any atom is 0.407 e. The van der Waals surface area contributed by atoms with Crippen molar-refractivity contribution in [2.75, 3.05) is 53.2 Å². The van der Waals surface area contributed by atoms with Gasteiger partial charge in [-0.3, -0.25) is 4.79 Å². The number of likely N-dealkylation sites (N-methyl/N-ethyl adjacent to an activating group) is 1. The van der Waals surface area contributed by atoms with E-state index in [-0.39, 0.29) is 62.6 Å². The van der Waals surface area contributed by atoms with Crippen LogP contribution in [0.4, 0.5) is 9.59 Å². The summed E-state index contributed by atoms with van der Waals surface area (Å²) in [7, 11) is -2.95. The van der Waals surface area contributed by atoms with E-state index in [4.69, 9.17) is 28.8 Å². The van der Waals surface area contributed by atoms with E-state index in [0.717, 1.165) is 10.5 Å². The number of alkyl carbamates (subject to hydrolysis) is 1. The summed E-state index contributed by atoms with van der Waals surface area (Å²) in [5, 5.41) is 26.3. The van der Waals surface area contributed by atoms with Crippen LogP contribution in [0.3, 0.4) is 0 Å². The first-order valence-electron chi connectivity index (χ1n) is 17.2. The molecule has 2 aromatic carbocycles. The highest BCUT2D eigenvalue weighted by Crippen LogP contribution is 2.36. The van der Waals surface area contributed by atoms with E-state index in [1.165, 1.54) is 29.6 Å². The van der Waals surface area contributed by atoms with Gasteiger partial charge in [-0.05, 0) is 48.8 Å². The molecule has 286 valence electrons. The number of aliphatic hydroxyl groups is 1. The number of nitrogens with one attached hydrogen (secondary N) is 2. The molecule has 0 aliphatic carbocycles. The van der Waals surface area contributed by atoms with Gasteiger partial charge in [0.05, 0.1) is 36.2 Å². The molecule has 3 aliphatic rings. The number of amides is 3. The Labute approximate surface area is 303 Å². The molecular formula is C35H48N4O12S. The van der Waals surface area contributed by atoms with Gasteiger partial charge in [-0.15, -0.1) is 0 Å². The number of nitrogens with zero attached hydrogens (tertiary/aromatic N) is 2. The first-order chi connectivity index (χ1) is 24.7. The number of carboxylic acid groups (broad SMARTS) is 1. The zero-order valence-corrected chi connectivity index (χ0v) is 30.4. The predicted octanol–water partition coefficient (Wildman–Crippen LogP) is 2.40. The summed E-state index contributed by atoms with van der Waals surface area (Å²) in [5.41, 5.74) is 0.150. The fourth-order valence-corrected chi connectivity index (χ4v) is 8.14. The highest BCUT2D eigenvalue weighted by Gasteiger charge is 2.44. The van der Waals surface area contributed by atoms with Crippen LogP contribution in [0.15, 0.2) is 53.4 Å². The first-order valence-corrected chi connectivity index (χ1v) is 18.7. The number of ether oxygens (including phenoxy) is 5. The van der Waals surface area contributed by atoms with Gasteiger partial charge in [0, 0.05) is 32.7 Å². The number of sulfonamides is 1. The molecule has 16 nitrogen and oxygen atoms in total. The lowest BCUT2D eigenvalue weighted by Gasteiger charge is -2.35. The average molecular weight is 749 g/mol. The van der Waals surface area contributed by atoms with E-state index < -0.39 is 58.1 Å². The summed E-state index contributed by atoms with van der Waals surface area (Å²) >= 11 is 0. The molecule has 52 heavy (non-hydrogen) atoms. The number of carbonyl (C=O) groups excluding carboxylic acids is 2.